The summed E-state index contributed by atoms with van der Waals surface area (Å²) in [5.41, 5.74) is 8.31. The van der Waals surface area contributed by atoms with Gasteiger partial charge in [0.2, 0.25) is 0 Å². The smallest absolute Gasteiger partial charge is 0.0468 e. The Morgan fingerprint density at radius 2 is 0.833 bits per heavy atom. The molecule has 0 aliphatic rings. The minimum absolute atomic E-state index is 1.12. The van der Waals surface area contributed by atoms with Crippen LogP contribution in [0.5, 0.6) is 0 Å². The Balaban J connectivity index is 1.06. The molecule has 10 aromatic carbocycles. The predicted octanol–water partition coefficient (Wildman–Crippen LogP) is 15.5. The molecule has 11 rings (SSSR count). The molecular weight excluding hydrogens is 671 g/mol. The van der Waals surface area contributed by atoms with E-state index in [4.69, 9.17) is 0 Å². The molecule has 252 valence electrons. The van der Waals surface area contributed by atoms with Gasteiger partial charge in [0.05, 0.1) is 0 Å². The summed E-state index contributed by atoms with van der Waals surface area (Å²) in [6, 6.07) is 73.6. The van der Waals surface area contributed by atoms with Crippen molar-refractivity contribution in [2.24, 2.45) is 0 Å². The van der Waals surface area contributed by atoms with Crippen molar-refractivity contribution in [1.82, 2.24) is 0 Å². The maximum absolute atomic E-state index is 2.41. The van der Waals surface area contributed by atoms with Crippen LogP contribution in [0.15, 0.2) is 200 Å². The Labute approximate surface area is 317 Å². The first kappa shape index (κ1) is 30.8. The molecule has 0 unspecified atom stereocenters. The van der Waals surface area contributed by atoms with Crippen molar-refractivity contribution in [1.29, 1.82) is 0 Å². The largest absolute Gasteiger partial charge is 0.310 e. The van der Waals surface area contributed by atoms with E-state index in [1.54, 1.807) is 0 Å². The Kier molecular flexibility index (Phi) is 7.11. The van der Waals surface area contributed by atoms with Gasteiger partial charge in [-0.1, -0.05) is 133 Å². The molecule has 0 saturated heterocycles. The van der Waals surface area contributed by atoms with E-state index in [9.17, 15) is 0 Å². The molecule has 0 radical (unpaired) electrons. The van der Waals surface area contributed by atoms with E-state index in [0.29, 0.717) is 0 Å². The SMILES string of the molecule is c1ccc(-c2ccc(N(c3ccc4cc(-c5cc6ccccc6c6ccccc56)ccc4c3)c3ccc4sc5cc6ccccc6cc5c4c3)cc2)cc1. The van der Waals surface area contributed by atoms with Gasteiger partial charge in [-0.15, -0.1) is 11.3 Å². The molecule has 0 aliphatic carbocycles. The van der Waals surface area contributed by atoms with Crippen molar-refractivity contribution in [3.63, 3.8) is 0 Å². The molecule has 0 bridgehead atoms. The summed E-state index contributed by atoms with van der Waals surface area (Å²) in [6.45, 7) is 0. The van der Waals surface area contributed by atoms with Crippen LogP contribution < -0.4 is 4.90 Å². The second kappa shape index (κ2) is 12.4. The number of anilines is 3. The molecule has 1 aromatic heterocycles. The Bertz CT molecular complexity index is 3210. The minimum atomic E-state index is 1.12. The van der Waals surface area contributed by atoms with Crippen molar-refractivity contribution in [3.05, 3.63) is 200 Å². The molecule has 0 atom stereocenters. The lowest BCUT2D eigenvalue weighted by Crippen LogP contribution is -2.09. The summed E-state index contributed by atoms with van der Waals surface area (Å²) < 4.78 is 2.62. The second-order valence-electron chi connectivity index (χ2n) is 14.2. The fraction of sp³-hybridized carbons (Fsp3) is 0. The highest BCUT2D eigenvalue weighted by Gasteiger charge is 2.17. The molecule has 0 saturated carbocycles. The fourth-order valence-electron chi connectivity index (χ4n) is 8.30. The number of hydrogen-bond donors (Lipinski definition) is 0. The van der Waals surface area contributed by atoms with Crippen LogP contribution in [0.3, 0.4) is 0 Å². The topological polar surface area (TPSA) is 3.24 Å². The monoisotopic (exact) mass is 703 g/mol. The van der Waals surface area contributed by atoms with Crippen LogP contribution in [0.1, 0.15) is 0 Å². The Morgan fingerprint density at radius 1 is 0.278 bits per heavy atom. The summed E-state index contributed by atoms with van der Waals surface area (Å²) in [4.78, 5) is 2.41. The zero-order valence-corrected chi connectivity index (χ0v) is 30.2. The summed E-state index contributed by atoms with van der Waals surface area (Å²) in [6.07, 6.45) is 0. The van der Waals surface area contributed by atoms with E-state index in [0.717, 1.165) is 17.1 Å². The summed E-state index contributed by atoms with van der Waals surface area (Å²) in [5, 5.41) is 12.7. The first-order valence-corrected chi connectivity index (χ1v) is 19.3. The molecule has 54 heavy (non-hydrogen) atoms. The predicted molar refractivity (Wildman–Crippen MR) is 235 cm³/mol. The normalized spacial score (nSPS) is 11.7. The lowest BCUT2D eigenvalue weighted by molar-refractivity contribution is 1.30. The van der Waals surface area contributed by atoms with Gasteiger partial charge in [-0.2, -0.15) is 0 Å². The van der Waals surface area contributed by atoms with Crippen LogP contribution >= 0.6 is 11.3 Å². The first-order chi connectivity index (χ1) is 26.7. The van der Waals surface area contributed by atoms with E-state index in [1.165, 1.54) is 85.5 Å². The van der Waals surface area contributed by atoms with Gasteiger partial charge < -0.3 is 4.90 Å². The van der Waals surface area contributed by atoms with E-state index < -0.39 is 0 Å². The highest BCUT2D eigenvalue weighted by Crippen LogP contribution is 2.43. The van der Waals surface area contributed by atoms with Gasteiger partial charge in [-0.3, -0.25) is 0 Å². The maximum Gasteiger partial charge on any atom is 0.0468 e. The summed E-state index contributed by atoms with van der Waals surface area (Å²) in [5.74, 6) is 0. The van der Waals surface area contributed by atoms with Gasteiger partial charge in [0, 0.05) is 37.2 Å². The highest BCUT2D eigenvalue weighted by atomic mass is 32.1. The molecule has 0 N–H and O–H groups in total. The van der Waals surface area contributed by atoms with Gasteiger partial charge in [0.15, 0.2) is 0 Å². The fourth-order valence-corrected chi connectivity index (χ4v) is 9.42. The zero-order chi connectivity index (χ0) is 35.6. The van der Waals surface area contributed by atoms with Crippen LogP contribution in [0.25, 0.3) is 85.5 Å². The van der Waals surface area contributed by atoms with Crippen LogP contribution in [0.4, 0.5) is 17.1 Å². The Hall–Kier alpha value is -6.74. The third kappa shape index (κ3) is 5.15. The lowest BCUT2D eigenvalue weighted by Gasteiger charge is -2.26. The van der Waals surface area contributed by atoms with Crippen molar-refractivity contribution in [2.45, 2.75) is 0 Å². The van der Waals surface area contributed by atoms with Gasteiger partial charge in [-0.05, 0) is 132 Å². The minimum Gasteiger partial charge on any atom is -0.310 e. The second-order valence-corrected chi connectivity index (χ2v) is 15.2. The Morgan fingerprint density at radius 3 is 1.67 bits per heavy atom. The number of fused-ring (bicyclic) bond motifs is 8. The zero-order valence-electron chi connectivity index (χ0n) is 29.4. The van der Waals surface area contributed by atoms with Gasteiger partial charge in [-0.25, -0.2) is 0 Å². The van der Waals surface area contributed by atoms with Crippen molar-refractivity contribution in [3.8, 4) is 22.3 Å². The molecule has 0 amide bonds. The first-order valence-electron chi connectivity index (χ1n) is 18.5. The third-order valence-corrected chi connectivity index (χ3v) is 12.1. The molecule has 0 fully saturated rings. The van der Waals surface area contributed by atoms with E-state index >= 15 is 0 Å². The summed E-state index contributed by atoms with van der Waals surface area (Å²) in [7, 11) is 0. The van der Waals surface area contributed by atoms with Gasteiger partial charge >= 0.3 is 0 Å². The molecule has 1 nitrogen and oxygen atoms in total. The standard InChI is InChI=1S/C52H33NS/c1-2-10-34(11-3-1)35-20-23-42(24-21-35)53(44-26-27-51-50(33-44)49-30-36-12-4-5-13-37(36)32-52(49)54-51)43-25-22-38-28-41(19-18-39(38)29-43)48-31-40-14-6-7-15-45(40)46-16-8-9-17-47(46)48/h1-33H. The summed E-state index contributed by atoms with van der Waals surface area (Å²) >= 11 is 1.87. The third-order valence-electron chi connectivity index (χ3n) is 11.0. The van der Waals surface area contributed by atoms with Gasteiger partial charge in [0.1, 0.15) is 0 Å². The molecular formula is C52H33NS. The number of nitrogens with zero attached hydrogens (tertiary/aromatic N) is 1. The molecule has 1 heterocycles. The van der Waals surface area contributed by atoms with Crippen LogP contribution in [0, 0.1) is 0 Å². The highest BCUT2D eigenvalue weighted by molar-refractivity contribution is 7.25. The van der Waals surface area contributed by atoms with Gasteiger partial charge in [0.25, 0.3) is 0 Å². The van der Waals surface area contributed by atoms with Crippen LogP contribution in [0.2, 0.25) is 0 Å². The molecule has 0 spiro atoms. The van der Waals surface area contributed by atoms with Crippen LogP contribution in [-0.4, -0.2) is 0 Å². The number of rotatable bonds is 5. The average Bonchev–Trinajstić information content (AvgIpc) is 3.59. The molecule has 11 aromatic rings. The maximum atomic E-state index is 2.41. The van der Waals surface area contributed by atoms with Crippen LogP contribution in [-0.2, 0) is 0 Å². The van der Waals surface area contributed by atoms with E-state index in [2.05, 4.69) is 205 Å². The average molecular weight is 704 g/mol. The van der Waals surface area contributed by atoms with Crippen molar-refractivity contribution < 1.29 is 0 Å². The van der Waals surface area contributed by atoms with E-state index in [1.807, 2.05) is 11.3 Å². The quantitative estimate of drug-likeness (QED) is 0.161. The van der Waals surface area contributed by atoms with Crippen molar-refractivity contribution in [2.75, 3.05) is 4.90 Å². The number of benzene rings is 10. The molecule has 2 heteroatoms. The molecule has 0 aliphatic heterocycles. The van der Waals surface area contributed by atoms with E-state index in [-0.39, 0.29) is 0 Å². The lowest BCUT2D eigenvalue weighted by atomic mass is 9.92. The van der Waals surface area contributed by atoms with Crippen molar-refractivity contribution >= 4 is 91.7 Å². The number of thiophene rings is 1. The number of hydrogen-bond acceptors (Lipinski definition) is 2.